The van der Waals surface area contributed by atoms with Crippen molar-refractivity contribution in [1.29, 1.82) is 0 Å². The van der Waals surface area contributed by atoms with Crippen LogP contribution in [0.1, 0.15) is 28.7 Å². The third-order valence-electron chi connectivity index (χ3n) is 5.69. The van der Waals surface area contributed by atoms with Gasteiger partial charge in [-0.1, -0.05) is 60.1 Å². The molecule has 0 aliphatic heterocycles. The van der Waals surface area contributed by atoms with Crippen LogP contribution in [0.2, 0.25) is 5.02 Å². The van der Waals surface area contributed by atoms with Crippen LogP contribution >= 0.6 is 11.6 Å². The van der Waals surface area contributed by atoms with Crippen molar-refractivity contribution in [2.24, 2.45) is 0 Å². The second-order valence-electron chi connectivity index (χ2n) is 8.79. The van der Waals surface area contributed by atoms with Gasteiger partial charge in [0.1, 0.15) is 5.75 Å². The van der Waals surface area contributed by atoms with Crippen molar-refractivity contribution >= 4 is 27.4 Å². The molecule has 0 bridgehead atoms. The smallest absolute Gasteiger partial charge is 0.417 e. The van der Waals surface area contributed by atoms with Crippen LogP contribution in [0, 0.1) is 0 Å². The van der Waals surface area contributed by atoms with Crippen molar-refractivity contribution < 1.29 is 36.2 Å². The molecular formula is C27H27ClF3NO5S. The second-order valence-corrected chi connectivity index (χ2v) is 11.1. The summed E-state index contributed by atoms with van der Waals surface area (Å²) in [4.78, 5) is 12.9. The highest BCUT2D eigenvalue weighted by atomic mass is 35.5. The average Bonchev–Trinajstić information content (AvgIpc) is 2.82. The Balaban J connectivity index is 1.71. The van der Waals surface area contributed by atoms with Gasteiger partial charge in [-0.25, -0.2) is 8.42 Å². The number of carbonyl (C=O) groups is 1. The Labute approximate surface area is 224 Å². The minimum absolute atomic E-state index is 0.109. The first-order chi connectivity index (χ1) is 17.8. The number of ether oxygens (including phenoxy) is 1. The third-order valence-corrected chi connectivity index (χ3v) is 7.32. The molecule has 3 aromatic rings. The topological polar surface area (TPSA) is 83.9 Å². The predicted molar refractivity (Wildman–Crippen MR) is 138 cm³/mol. The molecule has 0 aromatic heterocycles. The Morgan fingerprint density at radius 1 is 1.00 bits per heavy atom. The van der Waals surface area contributed by atoms with E-state index in [9.17, 15) is 26.4 Å². The fourth-order valence-electron chi connectivity index (χ4n) is 3.97. The van der Waals surface area contributed by atoms with Gasteiger partial charge >= 0.3 is 12.1 Å². The van der Waals surface area contributed by atoms with Gasteiger partial charge in [0.2, 0.25) is 0 Å². The number of alkyl halides is 3. The van der Waals surface area contributed by atoms with Gasteiger partial charge in [0, 0.05) is 25.9 Å². The van der Waals surface area contributed by atoms with E-state index in [4.69, 9.17) is 21.4 Å². The van der Waals surface area contributed by atoms with Crippen molar-refractivity contribution in [2.45, 2.75) is 37.0 Å². The number of rotatable bonds is 12. The molecule has 3 rings (SSSR count). The van der Waals surface area contributed by atoms with E-state index in [1.54, 1.807) is 6.07 Å². The van der Waals surface area contributed by atoms with Gasteiger partial charge in [-0.15, -0.1) is 0 Å². The lowest BCUT2D eigenvalue weighted by Crippen LogP contribution is -2.25. The molecule has 0 fully saturated rings. The highest BCUT2D eigenvalue weighted by Crippen LogP contribution is 2.36. The summed E-state index contributed by atoms with van der Waals surface area (Å²) >= 11 is 6.12. The first kappa shape index (κ1) is 29.5. The molecular weight excluding hydrogens is 543 g/mol. The van der Waals surface area contributed by atoms with Crippen LogP contribution in [0.4, 0.5) is 13.2 Å². The van der Waals surface area contributed by atoms with Crippen LogP contribution in [0.3, 0.4) is 0 Å². The minimum atomic E-state index is -4.56. The SMILES string of the molecule is CS(=O)(=O)c1cc(OCCCN(Cc2ccccc2)Cc2cccc(C(F)(F)F)c2Cl)ccc1CC(=O)O. The zero-order valence-electron chi connectivity index (χ0n) is 20.5. The van der Waals surface area contributed by atoms with Crippen LogP contribution in [0.5, 0.6) is 5.75 Å². The van der Waals surface area contributed by atoms with Gasteiger partial charge < -0.3 is 9.84 Å². The summed E-state index contributed by atoms with van der Waals surface area (Å²) in [7, 11) is -3.68. The van der Waals surface area contributed by atoms with Gasteiger partial charge in [0.25, 0.3) is 0 Å². The molecule has 6 nitrogen and oxygen atoms in total. The fourth-order valence-corrected chi connectivity index (χ4v) is 5.21. The molecule has 0 radical (unpaired) electrons. The van der Waals surface area contributed by atoms with Gasteiger partial charge in [-0.05, 0) is 41.3 Å². The molecule has 204 valence electrons. The van der Waals surface area contributed by atoms with Crippen LogP contribution in [-0.4, -0.2) is 43.8 Å². The molecule has 0 heterocycles. The van der Waals surface area contributed by atoms with E-state index in [-0.39, 0.29) is 34.4 Å². The van der Waals surface area contributed by atoms with Crippen LogP contribution < -0.4 is 4.74 Å². The van der Waals surface area contributed by atoms with Gasteiger partial charge in [-0.2, -0.15) is 13.2 Å². The quantitative estimate of drug-likeness (QED) is 0.275. The first-order valence-electron chi connectivity index (χ1n) is 11.6. The number of nitrogens with zero attached hydrogens (tertiary/aromatic N) is 1. The van der Waals surface area contributed by atoms with E-state index >= 15 is 0 Å². The Kier molecular flexibility index (Phi) is 9.81. The number of hydrogen-bond acceptors (Lipinski definition) is 5. The summed E-state index contributed by atoms with van der Waals surface area (Å²) < 4.78 is 70.0. The van der Waals surface area contributed by atoms with E-state index in [1.165, 1.54) is 24.3 Å². The monoisotopic (exact) mass is 569 g/mol. The van der Waals surface area contributed by atoms with Crippen molar-refractivity contribution in [2.75, 3.05) is 19.4 Å². The van der Waals surface area contributed by atoms with Crippen molar-refractivity contribution in [3.63, 3.8) is 0 Å². The van der Waals surface area contributed by atoms with E-state index in [0.29, 0.717) is 25.1 Å². The van der Waals surface area contributed by atoms with Crippen LogP contribution in [0.25, 0.3) is 0 Å². The Bertz CT molecular complexity index is 1360. The van der Waals surface area contributed by atoms with Crippen LogP contribution in [-0.2, 0) is 40.3 Å². The molecule has 0 atom stereocenters. The summed E-state index contributed by atoms with van der Waals surface area (Å²) in [5.41, 5.74) is 0.612. The highest BCUT2D eigenvalue weighted by Gasteiger charge is 2.34. The number of carboxylic acids is 1. The van der Waals surface area contributed by atoms with E-state index < -0.39 is 34.0 Å². The molecule has 0 unspecified atom stereocenters. The molecule has 0 aliphatic carbocycles. The maximum atomic E-state index is 13.3. The second kappa shape index (κ2) is 12.6. The number of benzene rings is 3. The molecule has 3 aromatic carbocycles. The van der Waals surface area contributed by atoms with Gasteiger partial charge in [-0.3, -0.25) is 9.69 Å². The molecule has 11 heteroatoms. The lowest BCUT2D eigenvalue weighted by Gasteiger charge is -2.24. The van der Waals surface area contributed by atoms with E-state index in [2.05, 4.69) is 0 Å². The molecule has 0 saturated carbocycles. The molecule has 38 heavy (non-hydrogen) atoms. The normalized spacial score (nSPS) is 12.1. The largest absolute Gasteiger partial charge is 0.494 e. The average molecular weight is 570 g/mol. The Hall–Kier alpha value is -3.08. The maximum Gasteiger partial charge on any atom is 0.417 e. The number of aliphatic carboxylic acids is 1. The zero-order valence-corrected chi connectivity index (χ0v) is 22.1. The standard InChI is InChI=1S/C27H27ClF3NO5S/c1-38(35,36)24-16-22(12-11-20(24)15-25(33)34)37-14-6-13-32(17-19-7-3-2-4-8-19)18-21-9-5-10-23(26(21)28)27(29,30)31/h2-5,7-12,16H,6,13-15,17-18H2,1H3,(H,33,34). The summed E-state index contributed by atoms with van der Waals surface area (Å²) in [5, 5.41) is 8.71. The lowest BCUT2D eigenvalue weighted by atomic mass is 10.1. The number of sulfone groups is 1. The molecule has 0 spiro atoms. The van der Waals surface area contributed by atoms with Gasteiger partial charge in [0.15, 0.2) is 9.84 Å². The molecule has 0 aliphatic rings. The highest BCUT2D eigenvalue weighted by molar-refractivity contribution is 7.90. The Morgan fingerprint density at radius 2 is 1.71 bits per heavy atom. The summed E-state index contributed by atoms with van der Waals surface area (Å²) in [6.07, 6.45) is -3.52. The molecule has 0 saturated heterocycles. The van der Waals surface area contributed by atoms with Crippen molar-refractivity contribution in [3.05, 3.63) is 94.0 Å². The lowest BCUT2D eigenvalue weighted by molar-refractivity contribution is -0.138. The summed E-state index contributed by atoms with van der Waals surface area (Å²) in [5.74, 6) is -0.877. The summed E-state index contributed by atoms with van der Waals surface area (Å²) in [6, 6.07) is 17.5. The molecule has 1 N–H and O–H groups in total. The van der Waals surface area contributed by atoms with Crippen molar-refractivity contribution in [1.82, 2.24) is 4.90 Å². The third kappa shape index (κ3) is 8.47. The van der Waals surface area contributed by atoms with E-state index in [0.717, 1.165) is 17.9 Å². The van der Waals surface area contributed by atoms with Crippen molar-refractivity contribution in [3.8, 4) is 5.75 Å². The fraction of sp³-hybridized carbons (Fsp3) is 0.296. The van der Waals surface area contributed by atoms with E-state index in [1.807, 2.05) is 35.2 Å². The number of carboxylic acid groups (broad SMARTS) is 1. The zero-order chi connectivity index (χ0) is 27.9. The summed E-state index contributed by atoms with van der Waals surface area (Å²) in [6.45, 7) is 1.30. The Morgan fingerprint density at radius 3 is 2.34 bits per heavy atom. The molecule has 0 amide bonds. The minimum Gasteiger partial charge on any atom is -0.494 e. The predicted octanol–water partition coefficient (Wildman–Crippen LogP) is 5.86. The first-order valence-corrected chi connectivity index (χ1v) is 13.9. The number of halogens is 4. The number of hydrogen-bond donors (Lipinski definition) is 1. The van der Waals surface area contributed by atoms with Gasteiger partial charge in [0.05, 0.1) is 28.5 Å². The van der Waals surface area contributed by atoms with Crippen LogP contribution in [0.15, 0.2) is 71.6 Å². The maximum absolute atomic E-state index is 13.3.